The van der Waals surface area contributed by atoms with Crippen LogP contribution in [0.1, 0.15) is 61.6 Å². The Bertz CT molecular complexity index is 442. The van der Waals surface area contributed by atoms with Crippen molar-refractivity contribution in [3.8, 4) is 0 Å². The number of rotatable bonds is 5. The van der Waals surface area contributed by atoms with Gasteiger partial charge in [-0.25, -0.2) is 0 Å². The number of hydrogen-bond acceptors (Lipinski definition) is 3. The number of likely N-dealkylation sites (tertiary alicyclic amines) is 1. The van der Waals surface area contributed by atoms with Crippen molar-refractivity contribution in [2.45, 2.75) is 76.3 Å². The van der Waals surface area contributed by atoms with E-state index in [4.69, 9.17) is 5.73 Å². The van der Waals surface area contributed by atoms with E-state index in [1.165, 1.54) is 67.8 Å². The van der Waals surface area contributed by atoms with Crippen molar-refractivity contribution in [2.24, 2.45) is 5.73 Å². The van der Waals surface area contributed by atoms with Crippen molar-refractivity contribution in [2.75, 3.05) is 13.1 Å². The topological polar surface area (TPSA) is 29.3 Å². The third-order valence-corrected chi connectivity index (χ3v) is 6.88. The van der Waals surface area contributed by atoms with Crippen LogP contribution in [-0.4, -0.2) is 29.6 Å². The van der Waals surface area contributed by atoms with E-state index in [2.05, 4.69) is 24.0 Å². The van der Waals surface area contributed by atoms with Gasteiger partial charge in [-0.05, 0) is 63.7 Å². The Kier molecular flexibility index (Phi) is 5.03. The summed E-state index contributed by atoms with van der Waals surface area (Å²) in [6.45, 7) is 4.79. The molecule has 1 aliphatic heterocycles. The second-order valence-electron chi connectivity index (χ2n) is 6.89. The predicted molar refractivity (Wildman–Crippen MR) is 92.0 cm³/mol. The first-order chi connectivity index (χ1) is 10.2. The highest BCUT2D eigenvalue weighted by Gasteiger charge is 2.44. The minimum atomic E-state index is 0.302. The normalized spacial score (nSPS) is 24.3. The SMILES string of the molecule is CCc1ccc(CC(N)C2(N3CCCCC3)CCCC2)s1. The Labute approximate surface area is 133 Å². The zero-order valence-corrected chi connectivity index (χ0v) is 14.3. The fraction of sp³-hybridized carbons (Fsp3) is 0.778. The minimum Gasteiger partial charge on any atom is -0.326 e. The molecule has 0 radical (unpaired) electrons. The van der Waals surface area contributed by atoms with Crippen LogP contribution in [0.4, 0.5) is 0 Å². The lowest BCUT2D eigenvalue weighted by Crippen LogP contribution is -2.60. The summed E-state index contributed by atoms with van der Waals surface area (Å²) in [5.74, 6) is 0. The molecule has 0 spiro atoms. The van der Waals surface area contributed by atoms with Gasteiger partial charge in [0.1, 0.15) is 0 Å². The van der Waals surface area contributed by atoms with Crippen LogP contribution in [0.25, 0.3) is 0 Å². The summed E-state index contributed by atoms with van der Waals surface area (Å²) in [7, 11) is 0. The summed E-state index contributed by atoms with van der Waals surface area (Å²) in [6.07, 6.45) is 11.7. The van der Waals surface area contributed by atoms with E-state index in [9.17, 15) is 0 Å². The first kappa shape index (κ1) is 15.5. The van der Waals surface area contributed by atoms with E-state index in [-0.39, 0.29) is 0 Å². The maximum atomic E-state index is 6.79. The second kappa shape index (κ2) is 6.80. The third kappa shape index (κ3) is 3.20. The monoisotopic (exact) mass is 306 g/mol. The summed E-state index contributed by atoms with van der Waals surface area (Å²) in [5, 5.41) is 0. The van der Waals surface area contributed by atoms with E-state index >= 15 is 0 Å². The Balaban J connectivity index is 1.73. The van der Waals surface area contributed by atoms with Crippen LogP contribution in [0.3, 0.4) is 0 Å². The van der Waals surface area contributed by atoms with Gasteiger partial charge in [0, 0.05) is 21.3 Å². The summed E-state index contributed by atoms with van der Waals surface area (Å²) < 4.78 is 0. The van der Waals surface area contributed by atoms with E-state index < -0.39 is 0 Å². The summed E-state index contributed by atoms with van der Waals surface area (Å²) in [4.78, 5) is 5.75. The smallest absolute Gasteiger partial charge is 0.0363 e. The zero-order valence-electron chi connectivity index (χ0n) is 13.4. The van der Waals surface area contributed by atoms with Crippen molar-refractivity contribution >= 4 is 11.3 Å². The quantitative estimate of drug-likeness (QED) is 0.891. The predicted octanol–water partition coefficient (Wildman–Crippen LogP) is 3.98. The lowest BCUT2D eigenvalue weighted by Gasteiger charge is -2.47. The highest BCUT2D eigenvalue weighted by molar-refractivity contribution is 7.11. The van der Waals surface area contributed by atoms with Gasteiger partial charge >= 0.3 is 0 Å². The first-order valence-corrected chi connectivity index (χ1v) is 9.64. The van der Waals surface area contributed by atoms with Crippen LogP contribution < -0.4 is 5.73 Å². The Morgan fingerprint density at radius 2 is 1.76 bits per heavy atom. The van der Waals surface area contributed by atoms with E-state index in [0.717, 1.165) is 12.8 Å². The highest BCUT2D eigenvalue weighted by atomic mass is 32.1. The molecule has 1 aliphatic carbocycles. The highest BCUT2D eigenvalue weighted by Crippen LogP contribution is 2.40. The minimum absolute atomic E-state index is 0.302. The molecule has 2 nitrogen and oxygen atoms in total. The molecular weight excluding hydrogens is 276 g/mol. The largest absolute Gasteiger partial charge is 0.326 e. The summed E-state index contributed by atoms with van der Waals surface area (Å²) in [6, 6.07) is 4.90. The van der Waals surface area contributed by atoms with Crippen LogP contribution in [0.5, 0.6) is 0 Å². The van der Waals surface area contributed by atoms with Crippen LogP contribution in [0.15, 0.2) is 12.1 Å². The molecule has 1 saturated heterocycles. The molecule has 2 fully saturated rings. The molecule has 0 amide bonds. The summed E-state index contributed by atoms with van der Waals surface area (Å²) >= 11 is 1.97. The van der Waals surface area contributed by atoms with Gasteiger partial charge in [0.2, 0.25) is 0 Å². The number of thiophene rings is 1. The first-order valence-electron chi connectivity index (χ1n) is 8.83. The maximum Gasteiger partial charge on any atom is 0.0363 e. The van der Waals surface area contributed by atoms with Gasteiger partial charge in [0.05, 0.1) is 0 Å². The van der Waals surface area contributed by atoms with Gasteiger partial charge in [-0.15, -0.1) is 11.3 Å². The molecule has 1 saturated carbocycles. The van der Waals surface area contributed by atoms with Crippen LogP contribution in [0, 0.1) is 0 Å². The molecule has 1 atom stereocenters. The van der Waals surface area contributed by atoms with Crippen molar-refractivity contribution in [1.82, 2.24) is 4.90 Å². The lowest BCUT2D eigenvalue weighted by atomic mass is 9.83. The molecule has 0 bridgehead atoms. The van der Waals surface area contributed by atoms with Gasteiger partial charge in [0.15, 0.2) is 0 Å². The van der Waals surface area contributed by atoms with Gasteiger partial charge in [-0.2, -0.15) is 0 Å². The van der Waals surface area contributed by atoms with Gasteiger partial charge in [0.25, 0.3) is 0 Å². The average Bonchev–Trinajstić information content (AvgIpc) is 3.18. The number of nitrogens with two attached hydrogens (primary N) is 1. The molecule has 1 unspecified atom stereocenters. The van der Waals surface area contributed by atoms with Crippen LogP contribution in [0.2, 0.25) is 0 Å². The van der Waals surface area contributed by atoms with Gasteiger partial charge in [-0.1, -0.05) is 26.2 Å². The summed E-state index contributed by atoms with van der Waals surface area (Å²) in [5.41, 5.74) is 7.09. The van der Waals surface area contributed by atoms with Crippen molar-refractivity contribution in [3.05, 3.63) is 21.9 Å². The Hall–Kier alpha value is -0.380. The zero-order chi connectivity index (χ0) is 14.7. The molecule has 1 aromatic rings. The average molecular weight is 307 g/mol. The molecule has 118 valence electrons. The van der Waals surface area contributed by atoms with Crippen molar-refractivity contribution < 1.29 is 0 Å². The van der Waals surface area contributed by atoms with Crippen LogP contribution >= 0.6 is 11.3 Å². The maximum absolute atomic E-state index is 6.79. The Morgan fingerprint density at radius 1 is 1.10 bits per heavy atom. The molecule has 3 rings (SSSR count). The number of nitrogens with zero attached hydrogens (tertiary/aromatic N) is 1. The number of aryl methyl sites for hydroxylation is 1. The van der Waals surface area contributed by atoms with Crippen molar-refractivity contribution in [1.29, 1.82) is 0 Å². The molecule has 2 N–H and O–H groups in total. The molecular formula is C18H30N2S. The van der Waals surface area contributed by atoms with Gasteiger partial charge in [-0.3, -0.25) is 4.90 Å². The molecule has 2 aliphatic rings. The van der Waals surface area contributed by atoms with E-state index in [0.29, 0.717) is 11.6 Å². The number of piperidine rings is 1. The standard InChI is InChI=1S/C18H30N2S/c1-2-15-8-9-16(21-15)14-17(19)18(10-4-5-11-18)20-12-6-3-7-13-20/h8-9,17H,2-7,10-14,19H2,1H3. The molecule has 1 aromatic heterocycles. The number of hydrogen-bond donors (Lipinski definition) is 1. The van der Waals surface area contributed by atoms with Crippen molar-refractivity contribution in [3.63, 3.8) is 0 Å². The lowest BCUT2D eigenvalue weighted by molar-refractivity contribution is 0.0484. The van der Waals surface area contributed by atoms with E-state index in [1.54, 1.807) is 0 Å². The fourth-order valence-corrected chi connectivity index (χ4v) is 5.39. The second-order valence-corrected chi connectivity index (χ2v) is 8.14. The van der Waals surface area contributed by atoms with Crippen LogP contribution in [-0.2, 0) is 12.8 Å². The van der Waals surface area contributed by atoms with Gasteiger partial charge < -0.3 is 5.73 Å². The molecule has 3 heteroatoms. The molecule has 2 heterocycles. The molecule has 0 aromatic carbocycles. The molecule has 21 heavy (non-hydrogen) atoms. The third-order valence-electron chi connectivity index (χ3n) is 5.63. The fourth-order valence-electron chi connectivity index (χ4n) is 4.38. The Morgan fingerprint density at radius 3 is 2.38 bits per heavy atom. The van der Waals surface area contributed by atoms with E-state index in [1.807, 2.05) is 11.3 Å².